The Bertz CT molecular complexity index is 311. The predicted octanol–water partition coefficient (Wildman–Crippen LogP) is 1.95. The van der Waals surface area contributed by atoms with Gasteiger partial charge in [-0.3, -0.25) is 9.59 Å². The summed E-state index contributed by atoms with van der Waals surface area (Å²) in [5.41, 5.74) is 0. The van der Waals surface area contributed by atoms with Gasteiger partial charge in [-0.2, -0.15) is 0 Å². The van der Waals surface area contributed by atoms with Crippen LogP contribution >= 0.6 is 0 Å². The first kappa shape index (κ1) is 12.7. The minimum absolute atomic E-state index is 0.0641. The minimum Gasteiger partial charge on any atom is -0.314 e. The fourth-order valence-electron chi connectivity index (χ4n) is 3.58. The number of hydrogen-bond donors (Lipinski definition) is 1. The Labute approximate surface area is 103 Å². The molecule has 1 aliphatic carbocycles. The first-order valence-electron chi connectivity index (χ1n) is 6.90. The highest BCUT2D eigenvalue weighted by Gasteiger charge is 2.42. The summed E-state index contributed by atoms with van der Waals surface area (Å²) in [4.78, 5) is 23.4. The Morgan fingerprint density at radius 3 is 2.88 bits per heavy atom. The Kier molecular flexibility index (Phi) is 3.97. The highest BCUT2D eigenvalue weighted by molar-refractivity contribution is 6.01. The second kappa shape index (κ2) is 5.30. The summed E-state index contributed by atoms with van der Waals surface area (Å²) in [7, 11) is 0. The van der Waals surface area contributed by atoms with Crippen LogP contribution in [0.2, 0.25) is 0 Å². The molecule has 1 heterocycles. The SMILES string of the molecule is CCC[C@H]1NCC[C@H]2CC(=O)C(C(C)=O)CC21. The summed E-state index contributed by atoms with van der Waals surface area (Å²) in [5.74, 6) is 1.01. The van der Waals surface area contributed by atoms with E-state index in [2.05, 4.69) is 12.2 Å². The van der Waals surface area contributed by atoms with E-state index in [4.69, 9.17) is 0 Å². The lowest BCUT2D eigenvalue weighted by Crippen LogP contribution is -2.51. The topological polar surface area (TPSA) is 46.2 Å². The minimum atomic E-state index is -0.310. The van der Waals surface area contributed by atoms with Gasteiger partial charge in [-0.05, 0) is 44.6 Å². The average molecular weight is 237 g/mol. The van der Waals surface area contributed by atoms with Crippen LogP contribution in [0.25, 0.3) is 0 Å². The molecule has 2 aliphatic rings. The lowest BCUT2D eigenvalue weighted by molar-refractivity contribution is -0.136. The molecule has 0 aromatic heterocycles. The molecule has 4 atom stereocenters. The van der Waals surface area contributed by atoms with Gasteiger partial charge in [-0.25, -0.2) is 0 Å². The Hall–Kier alpha value is -0.700. The van der Waals surface area contributed by atoms with Crippen LogP contribution in [0.15, 0.2) is 0 Å². The van der Waals surface area contributed by atoms with Crippen LogP contribution in [0.1, 0.15) is 46.0 Å². The van der Waals surface area contributed by atoms with Gasteiger partial charge < -0.3 is 5.32 Å². The monoisotopic (exact) mass is 237 g/mol. The third kappa shape index (κ3) is 2.59. The van der Waals surface area contributed by atoms with E-state index in [1.165, 1.54) is 12.8 Å². The normalized spacial score (nSPS) is 37.6. The fraction of sp³-hybridized carbons (Fsp3) is 0.857. The van der Waals surface area contributed by atoms with Gasteiger partial charge in [-0.15, -0.1) is 0 Å². The maximum atomic E-state index is 11.9. The molecule has 0 radical (unpaired) electrons. The molecule has 2 fully saturated rings. The molecule has 2 rings (SSSR count). The standard InChI is InChI=1S/C14H23NO2/c1-3-4-13-12-8-11(9(2)16)14(17)7-10(12)5-6-15-13/h10-13,15H,3-8H2,1-2H3/t10-,11?,12?,13+/m0/s1. The second-order valence-corrected chi connectivity index (χ2v) is 5.63. The first-order chi connectivity index (χ1) is 8.13. The van der Waals surface area contributed by atoms with E-state index in [0.29, 0.717) is 24.3 Å². The number of carbonyl (C=O) groups excluding carboxylic acids is 2. The second-order valence-electron chi connectivity index (χ2n) is 5.63. The molecule has 1 aliphatic heterocycles. The zero-order chi connectivity index (χ0) is 12.4. The number of Topliss-reactive ketones (excluding diaryl/α,β-unsaturated/α-hetero) is 2. The van der Waals surface area contributed by atoms with Crippen molar-refractivity contribution in [3.05, 3.63) is 0 Å². The predicted molar refractivity (Wildman–Crippen MR) is 66.7 cm³/mol. The van der Waals surface area contributed by atoms with Crippen LogP contribution in [0.4, 0.5) is 0 Å². The van der Waals surface area contributed by atoms with E-state index in [-0.39, 0.29) is 17.5 Å². The Morgan fingerprint density at radius 2 is 2.24 bits per heavy atom. The summed E-state index contributed by atoms with van der Waals surface area (Å²) < 4.78 is 0. The number of fused-ring (bicyclic) bond motifs is 1. The quantitative estimate of drug-likeness (QED) is 0.763. The van der Waals surface area contributed by atoms with Gasteiger partial charge in [0, 0.05) is 12.5 Å². The van der Waals surface area contributed by atoms with Crippen LogP contribution in [-0.2, 0) is 9.59 Å². The van der Waals surface area contributed by atoms with Crippen molar-refractivity contribution in [1.82, 2.24) is 5.32 Å². The van der Waals surface area contributed by atoms with Crippen molar-refractivity contribution in [1.29, 1.82) is 0 Å². The van der Waals surface area contributed by atoms with Crippen molar-refractivity contribution in [2.45, 2.75) is 52.0 Å². The van der Waals surface area contributed by atoms with E-state index in [1.54, 1.807) is 6.92 Å². The number of hydrogen-bond acceptors (Lipinski definition) is 3. The van der Waals surface area contributed by atoms with Crippen molar-refractivity contribution in [3.63, 3.8) is 0 Å². The highest BCUT2D eigenvalue weighted by atomic mass is 16.1. The first-order valence-corrected chi connectivity index (χ1v) is 6.90. The molecule has 0 aromatic carbocycles. The van der Waals surface area contributed by atoms with Crippen LogP contribution in [-0.4, -0.2) is 24.2 Å². The van der Waals surface area contributed by atoms with Crippen LogP contribution in [0.3, 0.4) is 0 Å². The van der Waals surface area contributed by atoms with E-state index in [1.807, 2.05) is 0 Å². The fourth-order valence-corrected chi connectivity index (χ4v) is 3.58. The van der Waals surface area contributed by atoms with Crippen LogP contribution in [0.5, 0.6) is 0 Å². The van der Waals surface area contributed by atoms with Gasteiger partial charge in [0.05, 0.1) is 5.92 Å². The molecule has 0 aromatic rings. The van der Waals surface area contributed by atoms with Gasteiger partial charge in [0.2, 0.25) is 0 Å². The number of rotatable bonds is 3. The molecule has 1 saturated carbocycles. The number of carbonyl (C=O) groups is 2. The molecule has 0 bridgehead atoms. The average Bonchev–Trinajstić information content (AvgIpc) is 2.28. The number of ketones is 2. The molecule has 1 saturated heterocycles. The zero-order valence-corrected chi connectivity index (χ0v) is 10.9. The Balaban J connectivity index is 2.10. The van der Waals surface area contributed by atoms with Crippen molar-refractivity contribution >= 4 is 11.6 Å². The van der Waals surface area contributed by atoms with Crippen LogP contribution in [0, 0.1) is 17.8 Å². The summed E-state index contributed by atoms with van der Waals surface area (Å²) >= 11 is 0. The van der Waals surface area contributed by atoms with E-state index in [0.717, 1.165) is 19.4 Å². The van der Waals surface area contributed by atoms with E-state index in [9.17, 15) is 9.59 Å². The molecular weight excluding hydrogens is 214 g/mol. The van der Waals surface area contributed by atoms with Crippen LogP contribution < -0.4 is 5.32 Å². The molecule has 96 valence electrons. The maximum Gasteiger partial charge on any atom is 0.143 e. The van der Waals surface area contributed by atoms with Gasteiger partial charge >= 0.3 is 0 Å². The summed E-state index contributed by atoms with van der Waals surface area (Å²) in [6.07, 6.45) is 4.86. The molecule has 0 amide bonds. The van der Waals surface area contributed by atoms with E-state index < -0.39 is 0 Å². The number of nitrogens with one attached hydrogen (secondary N) is 1. The lowest BCUT2D eigenvalue weighted by Gasteiger charge is -2.43. The third-order valence-electron chi connectivity index (χ3n) is 4.49. The van der Waals surface area contributed by atoms with E-state index >= 15 is 0 Å². The molecule has 3 heteroatoms. The van der Waals surface area contributed by atoms with Gasteiger partial charge in [0.1, 0.15) is 11.6 Å². The number of piperidine rings is 1. The maximum absolute atomic E-state index is 11.9. The third-order valence-corrected chi connectivity index (χ3v) is 4.49. The van der Waals surface area contributed by atoms with Gasteiger partial charge in [-0.1, -0.05) is 13.3 Å². The molecule has 3 nitrogen and oxygen atoms in total. The lowest BCUT2D eigenvalue weighted by atomic mass is 9.66. The van der Waals surface area contributed by atoms with Crippen molar-refractivity contribution in [2.24, 2.45) is 17.8 Å². The smallest absolute Gasteiger partial charge is 0.143 e. The van der Waals surface area contributed by atoms with Crippen molar-refractivity contribution < 1.29 is 9.59 Å². The molecule has 2 unspecified atom stereocenters. The highest BCUT2D eigenvalue weighted by Crippen LogP contribution is 2.39. The van der Waals surface area contributed by atoms with Crippen molar-refractivity contribution in [3.8, 4) is 0 Å². The van der Waals surface area contributed by atoms with Crippen molar-refractivity contribution in [2.75, 3.05) is 6.54 Å². The molecule has 0 spiro atoms. The largest absolute Gasteiger partial charge is 0.314 e. The summed E-state index contributed by atoms with van der Waals surface area (Å²) in [5, 5.41) is 3.57. The zero-order valence-electron chi connectivity index (χ0n) is 10.9. The Morgan fingerprint density at radius 1 is 1.47 bits per heavy atom. The molecule has 1 N–H and O–H groups in total. The van der Waals surface area contributed by atoms with Gasteiger partial charge in [0.15, 0.2) is 0 Å². The molecular formula is C14H23NO2. The molecule has 17 heavy (non-hydrogen) atoms. The summed E-state index contributed by atoms with van der Waals surface area (Å²) in [6, 6.07) is 0.522. The summed E-state index contributed by atoms with van der Waals surface area (Å²) in [6.45, 7) is 4.79. The van der Waals surface area contributed by atoms with Gasteiger partial charge in [0.25, 0.3) is 0 Å².